The molecule has 0 saturated heterocycles. The third-order valence-corrected chi connectivity index (χ3v) is 2.95. The Balaban J connectivity index is 3.16. The Hall–Kier alpha value is -0.690. The molecule has 0 heterocycles. The summed E-state index contributed by atoms with van der Waals surface area (Å²) in [6, 6.07) is 0. The van der Waals surface area contributed by atoms with Crippen LogP contribution in [0.3, 0.4) is 0 Å². The maximum atomic E-state index is 11.5. The largest absolute Gasteiger partial charge is 0.378 e. The lowest BCUT2D eigenvalue weighted by molar-refractivity contribution is -0.121. The Morgan fingerprint density at radius 3 is 2.24 bits per heavy atom. The highest BCUT2D eigenvalue weighted by atomic mass is 16.5. The molecule has 0 aromatic carbocycles. The fourth-order valence-electron chi connectivity index (χ4n) is 1.74. The lowest BCUT2D eigenvalue weighted by Crippen LogP contribution is -2.27. The van der Waals surface area contributed by atoms with E-state index in [4.69, 9.17) is 9.47 Å². The number of rotatable bonds is 15. The molecular formula is C15H33N3O3. The molecule has 0 atom stereocenters. The molecule has 6 nitrogen and oxygen atoms in total. The van der Waals surface area contributed by atoms with Gasteiger partial charge in [0, 0.05) is 19.5 Å². The van der Waals surface area contributed by atoms with Crippen molar-refractivity contribution in [3.05, 3.63) is 0 Å². The minimum atomic E-state index is 0.119. The van der Waals surface area contributed by atoms with Crippen LogP contribution in [0.15, 0.2) is 0 Å². The van der Waals surface area contributed by atoms with Crippen LogP contribution in [0.2, 0.25) is 0 Å². The third-order valence-electron chi connectivity index (χ3n) is 2.95. The third kappa shape index (κ3) is 17.3. The molecule has 0 fully saturated rings. The lowest BCUT2D eigenvalue weighted by Gasteiger charge is -2.09. The standard InChI is InChI=1S/C15H33N3O3/c1-16-8-11-20-13-14-21-12-9-17-15(19)7-5-4-6-10-18(2)3/h16H,4-14H2,1-3H3,(H,17,19). The highest BCUT2D eigenvalue weighted by Crippen LogP contribution is 2.00. The first-order chi connectivity index (χ1) is 10.2. The van der Waals surface area contributed by atoms with Gasteiger partial charge in [0.25, 0.3) is 0 Å². The van der Waals surface area contributed by atoms with Gasteiger partial charge in [-0.05, 0) is 40.5 Å². The number of unbranched alkanes of at least 4 members (excludes halogenated alkanes) is 2. The quantitative estimate of drug-likeness (QED) is 0.431. The van der Waals surface area contributed by atoms with Crippen molar-refractivity contribution >= 4 is 5.91 Å². The predicted octanol–water partition coefficient (Wildman–Crippen LogP) is 0.477. The highest BCUT2D eigenvalue weighted by molar-refractivity contribution is 5.75. The van der Waals surface area contributed by atoms with E-state index in [1.54, 1.807) is 0 Å². The monoisotopic (exact) mass is 303 g/mol. The van der Waals surface area contributed by atoms with Gasteiger partial charge in [-0.3, -0.25) is 4.79 Å². The van der Waals surface area contributed by atoms with Crippen LogP contribution in [0.25, 0.3) is 0 Å². The highest BCUT2D eigenvalue weighted by Gasteiger charge is 2.00. The van der Waals surface area contributed by atoms with Crippen LogP contribution in [0.4, 0.5) is 0 Å². The van der Waals surface area contributed by atoms with Crippen molar-refractivity contribution < 1.29 is 14.3 Å². The number of ether oxygens (including phenoxy) is 2. The second kappa shape index (κ2) is 15.7. The summed E-state index contributed by atoms with van der Waals surface area (Å²) in [6.45, 7) is 4.93. The zero-order chi connectivity index (χ0) is 15.8. The van der Waals surface area contributed by atoms with Crippen molar-refractivity contribution in [2.24, 2.45) is 0 Å². The average molecular weight is 303 g/mol. The molecule has 0 aliphatic carbocycles. The number of hydrogen-bond acceptors (Lipinski definition) is 5. The number of amides is 1. The van der Waals surface area contributed by atoms with E-state index in [0.717, 1.165) is 32.4 Å². The maximum absolute atomic E-state index is 11.5. The number of carbonyl (C=O) groups is 1. The van der Waals surface area contributed by atoms with Crippen LogP contribution in [-0.2, 0) is 14.3 Å². The van der Waals surface area contributed by atoms with Crippen molar-refractivity contribution in [1.82, 2.24) is 15.5 Å². The average Bonchev–Trinajstić information content (AvgIpc) is 2.45. The molecule has 0 aliphatic heterocycles. The minimum absolute atomic E-state index is 0.119. The summed E-state index contributed by atoms with van der Waals surface area (Å²) in [5.41, 5.74) is 0. The number of nitrogens with one attached hydrogen (secondary N) is 2. The number of carbonyl (C=O) groups excluding carboxylic acids is 1. The van der Waals surface area contributed by atoms with Gasteiger partial charge in [-0.1, -0.05) is 6.42 Å². The fraction of sp³-hybridized carbons (Fsp3) is 0.933. The van der Waals surface area contributed by atoms with Gasteiger partial charge in [0.05, 0.1) is 26.4 Å². The van der Waals surface area contributed by atoms with Gasteiger partial charge in [-0.2, -0.15) is 0 Å². The number of nitrogens with zero attached hydrogens (tertiary/aromatic N) is 1. The Labute approximate surface area is 129 Å². The molecule has 0 radical (unpaired) electrons. The first-order valence-electron chi connectivity index (χ1n) is 7.88. The van der Waals surface area contributed by atoms with E-state index in [2.05, 4.69) is 29.6 Å². The molecule has 1 amide bonds. The molecule has 0 saturated carbocycles. The Morgan fingerprint density at radius 2 is 1.62 bits per heavy atom. The molecule has 2 N–H and O–H groups in total. The molecule has 0 bridgehead atoms. The SMILES string of the molecule is CNCCOCCOCCNC(=O)CCCCCN(C)C. The van der Waals surface area contributed by atoms with Crippen LogP contribution >= 0.6 is 0 Å². The zero-order valence-electron chi connectivity index (χ0n) is 14.0. The van der Waals surface area contributed by atoms with Gasteiger partial charge in [-0.15, -0.1) is 0 Å². The number of hydrogen-bond donors (Lipinski definition) is 2. The summed E-state index contributed by atoms with van der Waals surface area (Å²) < 4.78 is 10.7. The molecule has 0 aliphatic rings. The second-order valence-corrected chi connectivity index (χ2v) is 5.29. The van der Waals surface area contributed by atoms with E-state index in [-0.39, 0.29) is 5.91 Å². The zero-order valence-corrected chi connectivity index (χ0v) is 14.0. The molecule has 6 heteroatoms. The second-order valence-electron chi connectivity index (χ2n) is 5.29. The van der Waals surface area contributed by atoms with E-state index in [9.17, 15) is 4.79 Å². The molecule has 21 heavy (non-hydrogen) atoms. The summed E-state index contributed by atoms with van der Waals surface area (Å²) in [6.07, 6.45) is 3.82. The first kappa shape index (κ1) is 20.3. The van der Waals surface area contributed by atoms with Crippen molar-refractivity contribution in [1.29, 1.82) is 0 Å². The molecular weight excluding hydrogens is 270 g/mol. The van der Waals surface area contributed by atoms with Crippen molar-refractivity contribution in [3.63, 3.8) is 0 Å². The van der Waals surface area contributed by atoms with Crippen LogP contribution in [-0.4, -0.2) is 78.0 Å². The van der Waals surface area contributed by atoms with E-state index in [0.29, 0.717) is 39.4 Å². The van der Waals surface area contributed by atoms with Gasteiger partial charge in [0.2, 0.25) is 5.91 Å². The lowest BCUT2D eigenvalue weighted by atomic mass is 10.2. The van der Waals surface area contributed by atoms with Crippen molar-refractivity contribution in [3.8, 4) is 0 Å². The summed E-state index contributed by atoms with van der Waals surface area (Å²) >= 11 is 0. The topological polar surface area (TPSA) is 62.8 Å². The van der Waals surface area contributed by atoms with Crippen molar-refractivity contribution in [2.75, 3.05) is 67.2 Å². The van der Waals surface area contributed by atoms with Gasteiger partial charge >= 0.3 is 0 Å². The predicted molar refractivity (Wildman–Crippen MR) is 85.6 cm³/mol. The molecule has 126 valence electrons. The van der Waals surface area contributed by atoms with Gasteiger partial charge < -0.3 is 25.0 Å². The van der Waals surface area contributed by atoms with Crippen LogP contribution in [0, 0.1) is 0 Å². The Bertz CT molecular complexity index is 238. The fourth-order valence-corrected chi connectivity index (χ4v) is 1.74. The van der Waals surface area contributed by atoms with E-state index in [1.807, 2.05) is 7.05 Å². The van der Waals surface area contributed by atoms with Crippen LogP contribution in [0.5, 0.6) is 0 Å². The molecule has 0 rings (SSSR count). The molecule has 0 aromatic heterocycles. The summed E-state index contributed by atoms with van der Waals surface area (Å²) in [7, 11) is 6.03. The van der Waals surface area contributed by atoms with Crippen LogP contribution < -0.4 is 10.6 Å². The van der Waals surface area contributed by atoms with Gasteiger partial charge in [0.15, 0.2) is 0 Å². The van der Waals surface area contributed by atoms with Gasteiger partial charge in [-0.25, -0.2) is 0 Å². The minimum Gasteiger partial charge on any atom is -0.378 e. The van der Waals surface area contributed by atoms with Crippen molar-refractivity contribution in [2.45, 2.75) is 25.7 Å². The van der Waals surface area contributed by atoms with Gasteiger partial charge in [0.1, 0.15) is 0 Å². The first-order valence-corrected chi connectivity index (χ1v) is 7.88. The number of likely N-dealkylation sites (N-methyl/N-ethyl adjacent to an activating group) is 1. The normalized spacial score (nSPS) is 11.0. The molecule has 0 unspecified atom stereocenters. The summed E-state index contributed by atoms with van der Waals surface area (Å²) in [5.74, 6) is 0.119. The van der Waals surface area contributed by atoms with E-state index in [1.165, 1.54) is 0 Å². The Morgan fingerprint density at radius 1 is 0.952 bits per heavy atom. The van der Waals surface area contributed by atoms with Crippen LogP contribution in [0.1, 0.15) is 25.7 Å². The Kier molecular flexibility index (Phi) is 15.2. The van der Waals surface area contributed by atoms with E-state index < -0.39 is 0 Å². The van der Waals surface area contributed by atoms with E-state index >= 15 is 0 Å². The summed E-state index contributed by atoms with van der Waals surface area (Å²) in [4.78, 5) is 13.7. The smallest absolute Gasteiger partial charge is 0.220 e. The molecule has 0 spiro atoms. The maximum Gasteiger partial charge on any atom is 0.220 e. The summed E-state index contributed by atoms with van der Waals surface area (Å²) in [5, 5.41) is 5.87. The molecule has 0 aromatic rings.